The molecule has 0 N–H and O–H groups in total. The molecule has 1 aromatic heterocycles. The Morgan fingerprint density at radius 2 is 1.82 bits per heavy atom. The molecule has 0 aliphatic carbocycles. The van der Waals surface area contributed by atoms with Gasteiger partial charge in [-0.1, -0.05) is 41.4 Å². The number of halogens is 2. The van der Waals surface area contributed by atoms with E-state index < -0.39 is 0 Å². The van der Waals surface area contributed by atoms with Gasteiger partial charge in [-0.05, 0) is 37.5 Å². The molecule has 0 bridgehead atoms. The fourth-order valence-electron chi connectivity index (χ4n) is 1.67. The number of benzene rings is 1. The zero-order valence-electron chi connectivity index (χ0n) is 9.84. The van der Waals surface area contributed by atoms with Gasteiger partial charge in [0.15, 0.2) is 0 Å². The van der Waals surface area contributed by atoms with E-state index in [4.69, 9.17) is 23.2 Å². The Bertz CT molecular complexity index is 480. The van der Waals surface area contributed by atoms with E-state index >= 15 is 0 Å². The van der Waals surface area contributed by atoms with Gasteiger partial charge in [0, 0.05) is 4.88 Å². The number of hydrogen-bond acceptors (Lipinski definition) is 1. The summed E-state index contributed by atoms with van der Waals surface area (Å²) in [6.45, 7) is 4.10. The number of rotatable bonds is 3. The van der Waals surface area contributed by atoms with Gasteiger partial charge in [0.25, 0.3) is 0 Å². The maximum atomic E-state index is 6.42. The van der Waals surface area contributed by atoms with Crippen molar-refractivity contribution in [1.82, 2.24) is 0 Å². The molecule has 0 aliphatic rings. The van der Waals surface area contributed by atoms with Crippen molar-refractivity contribution >= 4 is 34.5 Å². The van der Waals surface area contributed by atoms with Gasteiger partial charge in [-0.3, -0.25) is 0 Å². The molecule has 0 saturated carbocycles. The molecule has 0 nitrogen and oxygen atoms in total. The van der Waals surface area contributed by atoms with Crippen LogP contribution in [0.3, 0.4) is 0 Å². The first-order valence-corrected chi connectivity index (χ1v) is 7.15. The highest BCUT2D eigenvalue weighted by Gasteiger charge is 2.13. The molecule has 2 aromatic rings. The summed E-state index contributed by atoms with van der Waals surface area (Å²) in [5, 5.41) is 0.00825. The second-order valence-corrected chi connectivity index (χ2v) is 6.48. The molecular weight excluding hydrogens is 271 g/mol. The van der Waals surface area contributed by atoms with Gasteiger partial charge in [0.05, 0.1) is 9.71 Å². The van der Waals surface area contributed by atoms with E-state index in [-0.39, 0.29) is 5.38 Å². The summed E-state index contributed by atoms with van der Waals surface area (Å²) in [6.07, 6.45) is 0.845. The fraction of sp³-hybridized carbons (Fsp3) is 0.286. The minimum atomic E-state index is 0.00825. The average molecular weight is 285 g/mol. The molecule has 0 radical (unpaired) electrons. The second kappa shape index (κ2) is 5.43. The van der Waals surface area contributed by atoms with Gasteiger partial charge in [0.1, 0.15) is 0 Å². The quantitative estimate of drug-likeness (QED) is 0.649. The SMILES string of the molecule is Cc1ccc(CC(Cl)c2cc(C)c(Cl)s2)cc1. The van der Waals surface area contributed by atoms with Gasteiger partial charge in [-0.25, -0.2) is 0 Å². The molecule has 1 aromatic carbocycles. The summed E-state index contributed by atoms with van der Waals surface area (Å²) in [5.41, 5.74) is 3.65. The number of aryl methyl sites for hydroxylation is 2. The van der Waals surface area contributed by atoms with Gasteiger partial charge in [0.2, 0.25) is 0 Å². The molecule has 0 aliphatic heterocycles. The standard InChI is InChI=1S/C14H14Cl2S/c1-9-3-5-11(6-4-9)8-12(15)13-7-10(2)14(16)17-13/h3-7,12H,8H2,1-2H3. The molecule has 3 heteroatoms. The third kappa shape index (κ3) is 3.25. The van der Waals surface area contributed by atoms with Crippen molar-refractivity contribution in [3.63, 3.8) is 0 Å². The van der Waals surface area contributed by atoms with Crippen LogP contribution in [0.15, 0.2) is 30.3 Å². The van der Waals surface area contributed by atoms with Crippen LogP contribution in [0.1, 0.15) is 26.9 Å². The lowest BCUT2D eigenvalue weighted by Gasteiger charge is -2.07. The minimum absolute atomic E-state index is 0.00825. The van der Waals surface area contributed by atoms with Crippen molar-refractivity contribution < 1.29 is 0 Å². The zero-order chi connectivity index (χ0) is 12.4. The summed E-state index contributed by atoms with van der Waals surface area (Å²) < 4.78 is 0.842. The molecule has 0 fully saturated rings. The van der Waals surface area contributed by atoms with Crippen molar-refractivity contribution in [3.8, 4) is 0 Å². The Morgan fingerprint density at radius 1 is 1.18 bits per heavy atom. The lowest BCUT2D eigenvalue weighted by molar-refractivity contribution is 0.938. The largest absolute Gasteiger partial charge is 0.127 e. The highest BCUT2D eigenvalue weighted by Crippen LogP contribution is 2.35. The molecule has 0 spiro atoms. The Labute approximate surface area is 116 Å². The van der Waals surface area contributed by atoms with E-state index in [9.17, 15) is 0 Å². The van der Waals surface area contributed by atoms with E-state index in [0.29, 0.717) is 0 Å². The van der Waals surface area contributed by atoms with Crippen LogP contribution in [0.4, 0.5) is 0 Å². The first-order chi connectivity index (χ1) is 8.06. The van der Waals surface area contributed by atoms with E-state index in [0.717, 1.165) is 21.2 Å². The Morgan fingerprint density at radius 3 is 2.35 bits per heavy atom. The summed E-state index contributed by atoms with van der Waals surface area (Å²) in [4.78, 5) is 1.15. The predicted octanol–water partition coefficient (Wildman–Crippen LogP) is 5.54. The number of thiophene rings is 1. The lowest BCUT2D eigenvalue weighted by Crippen LogP contribution is -1.93. The van der Waals surface area contributed by atoms with Gasteiger partial charge < -0.3 is 0 Å². The lowest BCUT2D eigenvalue weighted by atomic mass is 10.1. The van der Waals surface area contributed by atoms with Crippen LogP contribution in [0.5, 0.6) is 0 Å². The van der Waals surface area contributed by atoms with Gasteiger partial charge in [-0.2, -0.15) is 0 Å². The molecule has 2 rings (SSSR count). The second-order valence-electron chi connectivity index (χ2n) is 4.26. The van der Waals surface area contributed by atoms with E-state index in [1.807, 2.05) is 6.92 Å². The normalized spacial score (nSPS) is 12.7. The smallest absolute Gasteiger partial charge is 0.0960 e. The molecule has 17 heavy (non-hydrogen) atoms. The van der Waals surface area contributed by atoms with Crippen LogP contribution in [-0.4, -0.2) is 0 Å². The van der Waals surface area contributed by atoms with Crippen LogP contribution >= 0.6 is 34.5 Å². The van der Waals surface area contributed by atoms with Crippen molar-refractivity contribution in [2.75, 3.05) is 0 Å². The molecule has 1 unspecified atom stereocenters. The monoisotopic (exact) mass is 284 g/mol. The molecule has 1 heterocycles. The number of alkyl halides is 1. The van der Waals surface area contributed by atoms with Crippen molar-refractivity contribution in [1.29, 1.82) is 0 Å². The van der Waals surface area contributed by atoms with Crippen molar-refractivity contribution in [2.24, 2.45) is 0 Å². The van der Waals surface area contributed by atoms with Crippen molar-refractivity contribution in [2.45, 2.75) is 25.6 Å². The van der Waals surface area contributed by atoms with Crippen LogP contribution < -0.4 is 0 Å². The van der Waals surface area contributed by atoms with E-state index in [1.165, 1.54) is 11.1 Å². The third-order valence-electron chi connectivity index (χ3n) is 2.72. The highest BCUT2D eigenvalue weighted by atomic mass is 35.5. The predicted molar refractivity (Wildman–Crippen MR) is 77.5 cm³/mol. The minimum Gasteiger partial charge on any atom is -0.127 e. The molecule has 0 amide bonds. The molecular formula is C14H14Cl2S. The Balaban J connectivity index is 2.11. The van der Waals surface area contributed by atoms with Crippen molar-refractivity contribution in [3.05, 3.63) is 56.2 Å². The summed E-state index contributed by atoms with van der Waals surface area (Å²) in [7, 11) is 0. The molecule has 90 valence electrons. The average Bonchev–Trinajstić information content (AvgIpc) is 2.63. The van der Waals surface area contributed by atoms with Crippen LogP contribution in [0, 0.1) is 13.8 Å². The summed E-state index contributed by atoms with van der Waals surface area (Å²) in [5.74, 6) is 0. The van der Waals surface area contributed by atoms with Gasteiger partial charge >= 0.3 is 0 Å². The number of hydrogen-bond donors (Lipinski definition) is 0. The topological polar surface area (TPSA) is 0 Å². The van der Waals surface area contributed by atoms with E-state index in [2.05, 4.69) is 37.3 Å². The van der Waals surface area contributed by atoms with Crippen LogP contribution in [0.2, 0.25) is 4.34 Å². The first kappa shape index (κ1) is 12.9. The van der Waals surface area contributed by atoms with Crippen LogP contribution in [0.25, 0.3) is 0 Å². The molecule has 0 saturated heterocycles. The maximum absolute atomic E-state index is 6.42. The Hall–Kier alpha value is -0.500. The maximum Gasteiger partial charge on any atom is 0.0960 e. The summed E-state index contributed by atoms with van der Waals surface area (Å²) in [6, 6.07) is 10.6. The zero-order valence-corrected chi connectivity index (χ0v) is 12.2. The highest BCUT2D eigenvalue weighted by molar-refractivity contribution is 7.16. The fourth-order valence-corrected chi connectivity index (χ4v) is 3.24. The third-order valence-corrected chi connectivity index (χ3v) is 4.91. The Kier molecular flexibility index (Phi) is 4.13. The molecule has 1 atom stereocenters. The van der Waals surface area contributed by atoms with Crippen LogP contribution in [-0.2, 0) is 6.42 Å². The van der Waals surface area contributed by atoms with E-state index in [1.54, 1.807) is 11.3 Å². The van der Waals surface area contributed by atoms with Gasteiger partial charge in [-0.15, -0.1) is 22.9 Å². The first-order valence-electron chi connectivity index (χ1n) is 5.51. The summed E-state index contributed by atoms with van der Waals surface area (Å²) >= 11 is 14.1.